The predicted octanol–water partition coefficient (Wildman–Crippen LogP) is 6.24. The molecule has 1 aliphatic rings. The van der Waals surface area contributed by atoms with Crippen LogP contribution < -0.4 is 5.69 Å². The second kappa shape index (κ2) is 11.9. The Morgan fingerprint density at radius 2 is 1.74 bits per heavy atom. The molecule has 200 valence electrons. The molecule has 0 radical (unpaired) electrons. The summed E-state index contributed by atoms with van der Waals surface area (Å²) in [7, 11) is 0. The molecule has 1 aliphatic carbocycles. The Balaban J connectivity index is 1.40. The zero-order valence-corrected chi connectivity index (χ0v) is 22.4. The largest absolute Gasteiger partial charge is 0.330 e. The number of aromatic amines is 1. The minimum Gasteiger partial charge on any atom is -0.289 e. The van der Waals surface area contributed by atoms with E-state index in [1.165, 1.54) is 36.7 Å². The van der Waals surface area contributed by atoms with E-state index in [4.69, 9.17) is 0 Å². The SMILES string of the molecule is CC(C)CCc1c(F)n(CCC2CCCCC2)c(=O)n1Cc1ccc(-c2ccccc2-c2nnn[nH]2)cc1. The number of nitrogens with one attached hydrogen (secondary N) is 1. The molecule has 7 nitrogen and oxygen atoms in total. The molecule has 4 aromatic rings. The van der Waals surface area contributed by atoms with E-state index >= 15 is 4.39 Å². The van der Waals surface area contributed by atoms with Gasteiger partial charge in [0.05, 0.1) is 12.2 Å². The second-order valence-corrected chi connectivity index (χ2v) is 11.0. The van der Waals surface area contributed by atoms with Crippen molar-refractivity contribution < 1.29 is 4.39 Å². The lowest BCUT2D eigenvalue weighted by atomic mass is 9.87. The molecule has 1 fully saturated rings. The number of H-pyrrole nitrogens is 1. The Morgan fingerprint density at radius 3 is 2.42 bits per heavy atom. The smallest absolute Gasteiger partial charge is 0.289 e. The number of nitrogens with zero attached hydrogens (tertiary/aromatic N) is 5. The summed E-state index contributed by atoms with van der Waals surface area (Å²) < 4.78 is 18.7. The van der Waals surface area contributed by atoms with E-state index in [-0.39, 0.29) is 11.6 Å². The normalized spacial score (nSPS) is 14.4. The summed E-state index contributed by atoms with van der Waals surface area (Å²) in [5, 5.41) is 14.3. The van der Waals surface area contributed by atoms with Gasteiger partial charge in [-0.05, 0) is 58.2 Å². The van der Waals surface area contributed by atoms with Crippen LogP contribution in [-0.2, 0) is 19.5 Å². The summed E-state index contributed by atoms with van der Waals surface area (Å²) in [6, 6.07) is 16.0. The minimum atomic E-state index is -0.349. The first kappa shape index (κ1) is 26.1. The maximum absolute atomic E-state index is 15.6. The molecular weight excluding hydrogens is 479 g/mol. The summed E-state index contributed by atoms with van der Waals surface area (Å²) in [5.74, 6) is 1.29. The van der Waals surface area contributed by atoms with Crippen LogP contribution in [0.3, 0.4) is 0 Å². The molecule has 1 N–H and O–H groups in total. The number of benzene rings is 2. The molecule has 8 heteroatoms. The molecule has 0 amide bonds. The Bertz CT molecular complexity index is 1380. The van der Waals surface area contributed by atoms with Gasteiger partial charge in [-0.15, -0.1) is 5.10 Å². The van der Waals surface area contributed by atoms with Crippen molar-refractivity contribution in [3.8, 4) is 22.5 Å². The zero-order chi connectivity index (χ0) is 26.5. The van der Waals surface area contributed by atoms with Crippen molar-refractivity contribution in [3.05, 3.63) is 76.2 Å². The van der Waals surface area contributed by atoms with E-state index in [0.717, 1.165) is 35.1 Å². The van der Waals surface area contributed by atoms with Crippen LogP contribution in [0.2, 0.25) is 0 Å². The van der Waals surface area contributed by atoms with Gasteiger partial charge in [0.1, 0.15) is 0 Å². The molecule has 0 aliphatic heterocycles. The lowest BCUT2D eigenvalue weighted by Crippen LogP contribution is -2.27. The number of hydrogen-bond donors (Lipinski definition) is 1. The molecule has 0 bridgehead atoms. The lowest BCUT2D eigenvalue weighted by molar-refractivity contribution is 0.313. The van der Waals surface area contributed by atoms with Crippen LogP contribution in [0.1, 0.15) is 70.1 Å². The van der Waals surface area contributed by atoms with Gasteiger partial charge in [-0.3, -0.25) is 9.13 Å². The highest BCUT2D eigenvalue weighted by atomic mass is 19.1. The maximum Gasteiger partial charge on any atom is 0.330 e. The molecule has 0 atom stereocenters. The van der Waals surface area contributed by atoms with Crippen LogP contribution in [-0.4, -0.2) is 29.8 Å². The minimum absolute atomic E-state index is 0.232. The summed E-state index contributed by atoms with van der Waals surface area (Å²) in [4.78, 5) is 13.5. The van der Waals surface area contributed by atoms with Crippen molar-refractivity contribution in [2.45, 2.75) is 78.3 Å². The van der Waals surface area contributed by atoms with Crippen molar-refractivity contribution in [2.75, 3.05) is 0 Å². The number of tetrazole rings is 1. The van der Waals surface area contributed by atoms with Gasteiger partial charge in [-0.1, -0.05) is 94.5 Å². The molecule has 5 rings (SSSR count). The lowest BCUT2D eigenvalue weighted by Gasteiger charge is -2.21. The topological polar surface area (TPSA) is 81.4 Å². The van der Waals surface area contributed by atoms with Crippen LogP contribution in [0.4, 0.5) is 4.39 Å². The third kappa shape index (κ3) is 5.79. The van der Waals surface area contributed by atoms with Crippen LogP contribution in [0.5, 0.6) is 0 Å². The summed E-state index contributed by atoms with van der Waals surface area (Å²) in [5.41, 5.74) is 4.19. The fourth-order valence-electron chi connectivity index (χ4n) is 5.61. The third-order valence-corrected chi connectivity index (χ3v) is 7.84. The van der Waals surface area contributed by atoms with E-state index < -0.39 is 0 Å². The Hall–Kier alpha value is -3.55. The monoisotopic (exact) mass is 516 g/mol. The average molecular weight is 517 g/mol. The first-order valence-electron chi connectivity index (χ1n) is 13.9. The fourth-order valence-corrected chi connectivity index (χ4v) is 5.61. The summed E-state index contributed by atoms with van der Waals surface area (Å²) in [6.07, 6.45) is 8.46. The molecule has 2 heterocycles. The quantitative estimate of drug-likeness (QED) is 0.270. The third-order valence-electron chi connectivity index (χ3n) is 7.84. The van der Waals surface area contributed by atoms with Crippen molar-refractivity contribution in [2.24, 2.45) is 11.8 Å². The van der Waals surface area contributed by atoms with Gasteiger partial charge in [-0.25, -0.2) is 9.89 Å². The van der Waals surface area contributed by atoms with Gasteiger partial charge in [0.2, 0.25) is 5.95 Å². The van der Waals surface area contributed by atoms with E-state index in [2.05, 4.69) is 34.5 Å². The number of hydrogen-bond acceptors (Lipinski definition) is 4. The zero-order valence-electron chi connectivity index (χ0n) is 22.4. The second-order valence-electron chi connectivity index (χ2n) is 11.0. The fraction of sp³-hybridized carbons (Fsp3) is 0.467. The molecule has 0 spiro atoms. The van der Waals surface area contributed by atoms with Crippen molar-refractivity contribution in [1.82, 2.24) is 29.8 Å². The molecule has 2 aromatic heterocycles. The number of imidazole rings is 1. The first-order chi connectivity index (χ1) is 18.5. The number of aromatic nitrogens is 6. The highest BCUT2D eigenvalue weighted by molar-refractivity contribution is 5.80. The van der Waals surface area contributed by atoms with E-state index in [1.807, 2.05) is 48.5 Å². The average Bonchev–Trinajstić information content (AvgIpc) is 3.55. The molecule has 2 aromatic carbocycles. The van der Waals surface area contributed by atoms with Crippen LogP contribution in [0.25, 0.3) is 22.5 Å². The number of rotatable bonds is 10. The predicted molar refractivity (Wildman–Crippen MR) is 147 cm³/mol. The highest BCUT2D eigenvalue weighted by Gasteiger charge is 2.22. The standard InChI is InChI=1S/C30H37FN6O/c1-21(2)12-17-27-28(31)36(19-18-22-8-4-3-5-9-22)30(38)37(27)20-23-13-15-24(16-14-23)25-10-6-7-11-26(25)29-32-34-35-33-29/h6-7,10-11,13-16,21-22H,3-5,8-9,12,17-20H2,1-2H3,(H,32,33,34,35). The van der Waals surface area contributed by atoms with Gasteiger partial charge >= 0.3 is 5.69 Å². The van der Waals surface area contributed by atoms with Crippen LogP contribution in [0.15, 0.2) is 53.3 Å². The van der Waals surface area contributed by atoms with Crippen LogP contribution in [0, 0.1) is 17.8 Å². The number of halogens is 1. The molecule has 0 unspecified atom stereocenters. The Labute approximate surface area is 223 Å². The molecule has 0 saturated heterocycles. The summed E-state index contributed by atoms with van der Waals surface area (Å²) in [6.45, 7) is 5.08. The van der Waals surface area contributed by atoms with Gasteiger partial charge < -0.3 is 0 Å². The van der Waals surface area contributed by atoms with Gasteiger partial charge in [-0.2, -0.15) is 4.39 Å². The van der Waals surface area contributed by atoms with Gasteiger partial charge in [0.25, 0.3) is 0 Å². The highest BCUT2D eigenvalue weighted by Crippen LogP contribution is 2.30. The van der Waals surface area contributed by atoms with Gasteiger partial charge in [0, 0.05) is 12.1 Å². The van der Waals surface area contributed by atoms with Crippen molar-refractivity contribution >= 4 is 0 Å². The Morgan fingerprint density at radius 1 is 1.00 bits per heavy atom. The molecular formula is C30H37FN6O. The van der Waals surface area contributed by atoms with Crippen molar-refractivity contribution in [3.63, 3.8) is 0 Å². The molecule has 1 saturated carbocycles. The van der Waals surface area contributed by atoms with E-state index in [9.17, 15) is 4.79 Å². The van der Waals surface area contributed by atoms with Crippen molar-refractivity contribution in [1.29, 1.82) is 0 Å². The molecule has 38 heavy (non-hydrogen) atoms. The maximum atomic E-state index is 15.6. The Kier molecular flexibility index (Phi) is 8.15. The van der Waals surface area contributed by atoms with Gasteiger partial charge in [0.15, 0.2) is 5.82 Å². The summed E-state index contributed by atoms with van der Waals surface area (Å²) >= 11 is 0. The van der Waals surface area contributed by atoms with Crippen LogP contribution >= 0.6 is 0 Å². The van der Waals surface area contributed by atoms with E-state index in [1.54, 1.807) is 4.57 Å². The van der Waals surface area contributed by atoms with E-state index in [0.29, 0.717) is 42.9 Å². The first-order valence-corrected chi connectivity index (χ1v) is 13.9.